The lowest BCUT2D eigenvalue weighted by Crippen LogP contribution is -2.22. The van der Waals surface area contributed by atoms with Crippen LogP contribution >= 0.6 is 15.9 Å². The number of hydrogen-bond donors (Lipinski definition) is 2. The van der Waals surface area contributed by atoms with Gasteiger partial charge in [-0.05, 0) is 39.7 Å². The predicted molar refractivity (Wildman–Crippen MR) is 81.5 cm³/mol. The van der Waals surface area contributed by atoms with Gasteiger partial charge in [-0.2, -0.15) is 0 Å². The number of benzene rings is 1. The summed E-state index contributed by atoms with van der Waals surface area (Å²) >= 11 is 3.44. The number of pyridine rings is 1. The van der Waals surface area contributed by atoms with E-state index in [-0.39, 0.29) is 5.84 Å². The van der Waals surface area contributed by atoms with Crippen LogP contribution in [-0.2, 0) is 6.54 Å². The Hall–Kier alpha value is -1.88. The minimum absolute atomic E-state index is 0.0560. The van der Waals surface area contributed by atoms with Crippen molar-refractivity contribution < 1.29 is 0 Å². The van der Waals surface area contributed by atoms with Gasteiger partial charge in [-0.1, -0.05) is 12.1 Å². The van der Waals surface area contributed by atoms with E-state index >= 15 is 0 Å². The Morgan fingerprint density at radius 1 is 1.37 bits per heavy atom. The molecule has 0 atom stereocenters. The molecule has 1 aromatic carbocycles. The number of nitrogens with zero attached hydrogens (tertiary/aromatic N) is 2. The zero-order valence-electron chi connectivity index (χ0n) is 10.6. The molecule has 1 heterocycles. The highest BCUT2D eigenvalue weighted by Gasteiger charge is 2.13. The van der Waals surface area contributed by atoms with Crippen LogP contribution in [0.25, 0.3) is 0 Å². The van der Waals surface area contributed by atoms with Gasteiger partial charge in [-0.3, -0.25) is 10.4 Å². The SMILES string of the molecule is CN(Cc1cccnc1)c1cccc(Br)c1C(=N)N. The first-order valence-electron chi connectivity index (χ1n) is 5.82. The summed E-state index contributed by atoms with van der Waals surface area (Å²) in [4.78, 5) is 6.16. The average Bonchev–Trinajstić information content (AvgIpc) is 2.39. The first kappa shape index (κ1) is 13.5. The molecule has 19 heavy (non-hydrogen) atoms. The highest BCUT2D eigenvalue weighted by Crippen LogP contribution is 2.27. The topological polar surface area (TPSA) is 66.0 Å². The molecular formula is C14H15BrN4. The third-order valence-corrected chi connectivity index (χ3v) is 3.48. The lowest BCUT2D eigenvalue weighted by atomic mass is 10.1. The number of amidine groups is 1. The van der Waals surface area contributed by atoms with Gasteiger partial charge in [0.25, 0.3) is 0 Å². The van der Waals surface area contributed by atoms with Gasteiger partial charge in [0.2, 0.25) is 0 Å². The molecule has 2 rings (SSSR count). The number of anilines is 1. The van der Waals surface area contributed by atoms with Crippen LogP contribution in [0.2, 0.25) is 0 Å². The summed E-state index contributed by atoms with van der Waals surface area (Å²) in [7, 11) is 1.97. The van der Waals surface area contributed by atoms with Crippen LogP contribution in [0.1, 0.15) is 11.1 Å². The van der Waals surface area contributed by atoms with Crippen molar-refractivity contribution in [2.75, 3.05) is 11.9 Å². The van der Waals surface area contributed by atoms with Gasteiger partial charge in [-0.15, -0.1) is 0 Å². The second-order valence-corrected chi connectivity index (χ2v) is 5.12. The lowest BCUT2D eigenvalue weighted by Gasteiger charge is -2.22. The molecule has 0 saturated heterocycles. The van der Waals surface area contributed by atoms with Crippen molar-refractivity contribution >= 4 is 27.5 Å². The van der Waals surface area contributed by atoms with Crippen molar-refractivity contribution in [3.05, 3.63) is 58.3 Å². The molecule has 0 aliphatic heterocycles. The number of nitrogen functional groups attached to an aromatic ring is 1. The molecule has 0 aliphatic carbocycles. The van der Waals surface area contributed by atoms with Crippen LogP contribution in [0.3, 0.4) is 0 Å². The van der Waals surface area contributed by atoms with Crippen LogP contribution < -0.4 is 10.6 Å². The smallest absolute Gasteiger partial charge is 0.126 e. The highest BCUT2D eigenvalue weighted by atomic mass is 79.9. The molecular weight excluding hydrogens is 304 g/mol. The van der Waals surface area contributed by atoms with E-state index in [1.807, 2.05) is 43.6 Å². The Bertz CT molecular complexity index is 583. The number of halogens is 1. The second-order valence-electron chi connectivity index (χ2n) is 4.26. The Morgan fingerprint density at radius 2 is 2.16 bits per heavy atom. The number of nitrogens with two attached hydrogens (primary N) is 1. The zero-order chi connectivity index (χ0) is 13.8. The lowest BCUT2D eigenvalue weighted by molar-refractivity contribution is 0.913. The summed E-state index contributed by atoms with van der Waals surface area (Å²) in [6.45, 7) is 0.713. The van der Waals surface area contributed by atoms with Crippen molar-refractivity contribution in [2.24, 2.45) is 5.73 Å². The van der Waals surface area contributed by atoms with E-state index in [1.165, 1.54) is 0 Å². The average molecular weight is 319 g/mol. The molecule has 98 valence electrons. The van der Waals surface area contributed by atoms with Crippen molar-refractivity contribution in [1.82, 2.24) is 4.98 Å². The fraction of sp³-hybridized carbons (Fsp3) is 0.143. The highest BCUT2D eigenvalue weighted by molar-refractivity contribution is 9.10. The van der Waals surface area contributed by atoms with Crippen LogP contribution in [0, 0.1) is 5.41 Å². The van der Waals surface area contributed by atoms with Gasteiger partial charge in [0.1, 0.15) is 5.84 Å². The summed E-state index contributed by atoms with van der Waals surface area (Å²) in [6.07, 6.45) is 3.59. The van der Waals surface area contributed by atoms with E-state index < -0.39 is 0 Å². The van der Waals surface area contributed by atoms with Gasteiger partial charge in [0.05, 0.1) is 5.56 Å². The molecule has 0 aliphatic rings. The van der Waals surface area contributed by atoms with Crippen LogP contribution in [-0.4, -0.2) is 17.9 Å². The maximum Gasteiger partial charge on any atom is 0.126 e. The maximum absolute atomic E-state index is 7.70. The van der Waals surface area contributed by atoms with E-state index in [2.05, 4.69) is 25.8 Å². The normalized spacial score (nSPS) is 10.2. The van der Waals surface area contributed by atoms with E-state index in [1.54, 1.807) is 6.20 Å². The molecule has 0 unspecified atom stereocenters. The number of rotatable bonds is 4. The zero-order valence-corrected chi connectivity index (χ0v) is 12.2. The first-order chi connectivity index (χ1) is 9.09. The third-order valence-electron chi connectivity index (χ3n) is 2.81. The molecule has 1 aromatic heterocycles. The fourth-order valence-corrected chi connectivity index (χ4v) is 2.52. The van der Waals surface area contributed by atoms with Gasteiger partial charge in [-0.25, -0.2) is 0 Å². The molecule has 4 nitrogen and oxygen atoms in total. The first-order valence-corrected chi connectivity index (χ1v) is 6.62. The monoisotopic (exact) mass is 318 g/mol. The molecule has 3 N–H and O–H groups in total. The fourth-order valence-electron chi connectivity index (χ4n) is 1.95. The van der Waals surface area contributed by atoms with Crippen LogP contribution in [0.5, 0.6) is 0 Å². The van der Waals surface area contributed by atoms with E-state index in [9.17, 15) is 0 Å². The molecule has 2 aromatic rings. The van der Waals surface area contributed by atoms with Crippen molar-refractivity contribution in [3.8, 4) is 0 Å². The predicted octanol–water partition coefficient (Wildman–Crippen LogP) is 2.76. The van der Waals surface area contributed by atoms with Gasteiger partial charge in [0.15, 0.2) is 0 Å². The van der Waals surface area contributed by atoms with Gasteiger partial charge >= 0.3 is 0 Å². The standard InChI is InChI=1S/C14H15BrN4/c1-19(9-10-4-3-7-18-8-10)12-6-2-5-11(15)13(12)14(16)17/h2-8H,9H2,1H3,(H3,16,17). The summed E-state index contributed by atoms with van der Waals surface area (Å²) in [5.74, 6) is 0.0560. The Kier molecular flexibility index (Phi) is 4.16. The molecule has 0 amide bonds. The Balaban J connectivity index is 2.31. The van der Waals surface area contributed by atoms with Crippen LogP contribution in [0.4, 0.5) is 5.69 Å². The molecule has 0 saturated carbocycles. The Labute approximate surface area is 120 Å². The van der Waals surface area contributed by atoms with E-state index in [0.29, 0.717) is 12.1 Å². The maximum atomic E-state index is 7.70. The van der Waals surface area contributed by atoms with Crippen molar-refractivity contribution in [2.45, 2.75) is 6.54 Å². The number of nitrogens with one attached hydrogen (secondary N) is 1. The largest absolute Gasteiger partial charge is 0.384 e. The van der Waals surface area contributed by atoms with Gasteiger partial charge < -0.3 is 10.6 Å². The van der Waals surface area contributed by atoms with Crippen molar-refractivity contribution in [3.63, 3.8) is 0 Å². The van der Waals surface area contributed by atoms with E-state index in [0.717, 1.165) is 15.7 Å². The molecule has 0 fully saturated rings. The number of hydrogen-bond acceptors (Lipinski definition) is 3. The number of aromatic nitrogens is 1. The second kappa shape index (κ2) is 5.84. The Morgan fingerprint density at radius 3 is 2.79 bits per heavy atom. The van der Waals surface area contributed by atoms with E-state index in [4.69, 9.17) is 11.1 Å². The summed E-state index contributed by atoms with van der Waals surface area (Å²) in [5.41, 5.74) is 8.41. The van der Waals surface area contributed by atoms with Crippen molar-refractivity contribution in [1.29, 1.82) is 5.41 Å². The minimum Gasteiger partial charge on any atom is -0.384 e. The minimum atomic E-state index is 0.0560. The molecule has 0 spiro atoms. The summed E-state index contributed by atoms with van der Waals surface area (Å²) in [6, 6.07) is 9.71. The summed E-state index contributed by atoms with van der Waals surface area (Å²) < 4.78 is 0.829. The molecule has 0 bridgehead atoms. The molecule has 0 radical (unpaired) electrons. The molecule has 5 heteroatoms. The summed E-state index contributed by atoms with van der Waals surface area (Å²) in [5, 5.41) is 7.70. The quantitative estimate of drug-likeness (QED) is 0.673. The third kappa shape index (κ3) is 3.12. The van der Waals surface area contributed by atoms with Gasteiger partial charge in [0, 0.05) is 36.1 Å². The van der Waals surface area contributed by atoms with Crippen LogP contribution in [0.15, 0.2) is 47.2 Å².